The number of hydrogen-bond acceptors (Lipinski definition) is 7. The van der Waals surface area contributed by atoms with Crippen molar-refractivity contribution in [3.05, 3.63) is 42.5 Å². The minimum absolute atomic E-state index is 0.0230. The van der Waals surface area contributed by atoms with Crippen molar-refractivity contribution in [1.82, 2.24) is 9.78 Å². The average Bonchev–Trinajstić information content (AvgIpc) is 3.21. The topological polar surface area (TPSA) is 81.0 Å². The Balaban J connectivity index is 2.10. The summed E-state index contributed by atoms with van der Waals surface area (Å²) in [7, 11) is 6.32. The fourth-order valence-electron chi connectivity index (χ4n) is 3.23. The molecule has 0 fully saturated rings. The zero-order chi connectivity index (χ0) is 22.4. The van der Waals surface area contributed by atoms with Crippen molar-refractivity contribution in [2.75, 3.05) is 35.0 Å². The van der Waals surface area contributed by atoms with E-state index in [1.54, 1.807) is 40.0 Å². The number of carbonyl (C=O) groups excluding carboxylic acids is 1. The number of aromatic nitrogens is 2. The van der Waals surface area contributed by atoms with E-state index in [9.17, 15) is 4.79 Å². The standard InChI is InChI=1S/C23H26N2O6/c1-6-31-23(26)14-25-18(16-8-10-20(28-3)22(12-16)30-5)13-17(24-25)15-7-9-19(27-2)21(11-15)29-4/h7-13H,6,14H2,1-5H3. The van der Waals surface area contributed by atoms with Crippen LogP contribution in [0.4, 0.5) is 0 Å². The van der Waals surface area contributed by atoms with Gasteiger partial charge in [0.25, 0.3) is 0 Å². The van der Waals surface area contributed by atoms with E-state index in [1.165, 1.54) is 0 Å². The van der Waals surface area contributed by atoms with Crippen LogP contribution in [0.2, 0.25) is 0 Å². The van der Waals surface area contributed by atoms with Crippen LogP contribution >= 0.6 is 0 Å². The average molecular weight is 426 g/mol. The highest BCUT2D eigenvalue weighted by molar-refractivity contribution is 5.75. The number of nitrogens with zero attached hydrogens (tertiary/aromatic N) is 2. The number of ether oxygens (including phenoxy) is 5. The van der Waals surface area contributed by atoms with Crippen LogP contribution in [0.25, 0.3) is 22.5 Å². The number of hydrogen-bond donors (Lipinski definition) is 0. The molecule has 0 aliphatic carbocycles. The SMILES string of the molecule is CCOC(=O)Cn1nc(-c2ccc(OC)c(OC)c2)cc1-c1ccc(OC)c(OC)c1. The Bertz CT molecular complexity index is 1060. The Morgan fingerprint density at radius 2 is 1.35 bits per heavy atom. The van der Waals surface area contributed by atoms with E-state index in [2.05, 4.69) is 5.10 Å². The Kier molecular flexibility index (Phi) is 7.02. The lowest BCUT2D eigenvalue weighted by Crippen LogP contribution is -2.15. The molecule has 2 aromatic carbocycles. The minimum atomic E-state index is -0.369. The number of methoxy groups -OCH3 is 4. The van der Waals surface area contributed by atoms with Crippen LogP contribution in [0.15, 0.2) is 42.5 Å². The monoisotopic (exact) mass is 426 g/mol. The second kappa shape index (κ2) is 9.88. The largest absolute Gasteiger partial charge is 0.493 e. The lowest BCUT2D eigenvalue weighted by atomic mass is 10.1. The maximum absolute atomic E-state index is 12.2. The molecule has 0 amide bonds. The molecule has 164 valence electrons. The molecule has 8 nitrogen and oxygen atoms in total. The van der Waals surface area contributed by atoms with Crippen molar-refractivity contribution in [3.63, 3.8) is 0 Å². The molecule has 0 saturated carbocycles. The smallest absolute Gasteiger partial charge is 0.327 e. The third-order valence-corrected chi connectivity index (χ3v) is 4.72. The Labute approximate surface area is 181 Å². The third-order valence-electron chi connectivity index (χ3n) is 4.72. The lowest BCUT2D eigenvalue weighted by molar-refractivity contribution is -0.144. The highest BCUT2D eigenvalue weighted by Gasteiger charge is 2.17. The first kappa shape index (κ1) is 22.0. The highest BCUT2D eigenvalue weighted by atomic mass is 16.5. The zero-order valence-corrected chi connectivity index (χ0v) is 18.3. The van der Waals surface area contributed by atoms with Gasteiger partial charge in [-0.25, -0.2) is 0 Å². The van der Waals surface area contributed by atoms with Gasteiger partial charge >= 0.3 is 5.97 Å². The first-order chi connectivity index (χ1) is 15.0. The third kappa shape index (κ3) is 4.74. The number of esters is 1. The summed E-state index contributed by atoms with van der Waals surface area (Å²) in [6.07, 6.45) is 0. The van der Waals surface area contributed by atoms with Gasteiger partial charge in [0.2, 0.25) is 0 Å². The van der Waals surface area contributed by atoms with Gasteiger partial charge < -0.3 is 23.7 Å². The highest BCUT2D eigenvalue weighted by Crippen LogP contribution is 2.36. The van der Waals surface area contributed by atoms with Crippen LogP contribution in [0.3, 0.4) is 0 Å². The van der Waals surface area contributed by atoms with Crippen LogP contribution in [-0.2, 0) is 16.1 Å². The summed E-state index contributed by atoms with van der Waals surface area (Å²) in [5.41, 5.74) is 3.05. The molecule has 0 N–H and O–H groups in total. The first-order valence-electron chi connectivity index (χ1n) is 9.72. The molecule has 1 heterocycles. The predicted molar refractivity (Wildman–Crippen MR) is 116 cm³/mol. The maximum Gasteiger partial charge on any atom is 0.327 e. The molecule has 0 spiro atoms. The summed E-state index contributed by atoms with van der Waals surface area (Å²) in [5.74, 6) is 2.04. The molecule has 0 atom stereocenters. The van der Waals surface area contributed by atoms with Gasteiger partial charge in [-0.05, 0) is 49.4 Å². The van der Waals surface area contributed by atoms with E-state index in [-0.39, 0.29) is 12.5 Å². The molecule has 0 radical (unpaired) electrons. The van der Waals surface area contributed by atoms with Crippen molar-refractivity contribution in [3.8, 4) is 45.5 Å². The van der Waals surface area contributed by atoms with E-state index in [0.717, 1.165) is 16.8 Å². The molecule has 8 heteroatoms. The summed E-state index contributed by atoms with van der Waals surface area (Å²) in [5, 5.41) is 4.66. The number of carbonyl (C=O) groups is 1. The van der Waals surface area contributed by atoms with Crippen molar-refractivity contribution < 1.29 is 28.5 Å². The summed E-state index contributed by atoms with van der Waals surface area (Å²) in [6.45, 7) is 2.05. The van der Waals surface area contributed by atoms with Crippen LogP contribution in [0, 0.1) is 0 Å². The van der Waals surface area contributed by atoms with Crippen LogP contribution in [0.1, 0.15) is 6.92 Å². The van der Waals surface area contributed by atoms with Gasteiger partial charge in [0.1, 0.15) is 6.54 Å². The van der Waals surface area contributed by atoms with Gasteiger partial charge in [0.15, 0.2) is 23.0 Å². The Morgan fingerprint density at radius 3 is 1.90 bits per heavy atom. The molecule has 1 aromatic heterocycles. The van der Waals surface area contributed by atoms with Gasteiger partial charge in [-0.15, -0.1) is 0 Å². The van der Waals surface area contributed by atoms with E-state index in [1.807, 2.05) is 42.5 Å². The molecule has 3 rings (SSSR count). The van der Waals surface area contributed by atoms with Gasteiger partial charge in [-0.1, -0.05) is 0 Å². The zero-order valence-electron chi connectivity index (χ0n) is 18.3. The van der Waals surface area contributed by atoms with E-state index in [0.29, 0.717) is 35.3 Å². The van der Waals surface area contributed by atoms with Crippen molar-refractivity contribution in [2.45, 2.75) is 13.5 Å². The number of benzene rings is 2. The van der Waals surface area contributed by atoms with Crippen molar-refractivity contribution in [1.29, 1.82) is 0 Å². The molecule has 0 unspecified atom stereocenters. The second-order valence-corrected chi connectivity index (χ2v) is 6.52. The molecular weight excluding hydrogens is 400 g/mol. The quantitative estimate of drug-likeness (QED) is 0.481. The summed E-state index contributed by atoms with van der Waals surface area (Å²) >= 11 is 0. The van der Waals surface area contributed by atoms with E-state index >= 15 is 0 Å². The van der Waals surface area contributed by atoms with Crippen LogP contribution < -0.4 is 18.9 Å². The summed E-state index contributed by atoms with van der Waals surface area (Å²) in [6, 6.07) is 13.0. The minimum Gasteiger partial charge on any atom is -0.493 e. The van der Waals surface area contributed by atoms with Gasteiger partial charge in [0, 0.05) is 11.1 Å². The molecule has 0 aliphatic heterocycles. The Hall–Kier alpha value is -3.68. The second-order valence-electron chi connectivity index (χ2n) is 6.52. The van der Waals surface area contributed by atoms with Crippen LogP contribution in [-0.4, -0.2) is 50.8 Å². The summed E-state index contributed by atoms with van der Waals surface area (Å²) in [4.78, 5) is 12.2. The van der Waals surface area contributed by atoms with Crippen molar-refractivity contribution in [2.24, 2.45) is 0 Å². The van der Waals surface area contributed by atoms with E-state index in [4.69, 9.17) is 23.7 Å². The Morgan fingerprint density at radius 1 is 0.806 bits per heavy atom. The van der Waals surface area contributed by atoms with Gasteiger partial charge in [0.05, 0.1) is 46.4 Å². The van der Waals surface area contributed by atoms with Gasteiger partial charge in [-0.2, -0.15) is 5.10 Å². The molecule has 3 aromatic rings. The number of rotatable bonds is 9. The van der Waals surface area contributed by atoms with E-state index < -0.39 is 0 Å². The molecule has 31 heavy (non-hydrogen) atoms. The fourth-order valence-corrected chi connectivity index (χ4v) is 3.23. The summed E-state index contributed by atoms with van der Waals surface area (Å²) < 4.78 is 28.2. The first-order valence-corrected chi connectivity index (χ1v) is 9.72. The van der Waals surface area contributed by atoms with Gasteiger partial charge in [-0.3, -0.25) is 9.48 Å². The normalized spacial score (nSPS) is 10.5. The molecular formula is C23H26N2O6. The lowest BCUT2D eigenvalue weighted by Gasteiger charge is -2.11. The molecule has 0 aliphatic rings. The maximum atomic E-state index is 12.2. The molecule has 0 saturated heterocycles. The molecule has 0 bridgehead atoms. The van der Waals surface area contributed by atoms with Crippen LogP contribution in [0.5, 0.6) is 23.0 Å². The van der Waals surface area contributed by atoms with Crippen molar-refractivity contribution >= 4 is 5.97 Å². The fraction of sp³-hybridized carbons (Fsp3) is 0.304. The predicted octanol–water partition coefficient (Wildman–Crippen LogP) is 3.81.